The Morgan fingerprint density at radius 1 is 0.788 bits per heavy atom. The van der Waals surface area contributed by atoms with Crippen LogP contribution in [0, 0.1) is 10.1 Å². The molecule has 0 spiro atoms. The summed E-state index contributed by atoms with van der Waals surface area (Å²) in [5.74, 6) is 0.137. The zero-order valence-electron chi connectivity index (χ0n) is 20.4. The van der Waals surface area contributed by atoms with E-state index in [4.69, 9.17) is 18.6 Å². The van der Waals surface area contributed by atoms with E-state index < -0.39 is 12.7 Å². The molecule has 0 aromatic heterocycles. The Labute approximate surface area is 199 Å². The van der Waals surface area contributed by atoms with Gasteiger partial charge in [-0.05, 0) is 25.5 Å². The minimum absolute atomic E-state index is 0.0939. The summed E-state index contributed by atoms with van der Waals surface area (Å²) in [5, 5.41) is 10.7. The number of hydrogen-bond donors (Lipinski definition) is 0. The van der Waals surface area contributed by atoms with Crippen LogP contribution in [0.2, 0.25) is 0 Å². The lowest BCUT2D eigenvalue weighted by Crippen LogP contribution is -2.04. The maximum Gasteiger partial charge on any atom is 0.557 e. The second-order valence-corrected chi connectivity index (χ2v) is 9.68. The van der Waals surface area contributed by atoms with Gasteiger partial charge in [-0.25, -0.2) is 9.45 Å². The van der Waals surface area contributed by atoms with Crippen LogP contribution in [0.1, 0.15) is 104 Å². The molecular formula is C24H42NO7P. The predicted octanol–water partition coefficient (Wildman–Crippen LogP) is 8.55. The van der Waals surface area contributed by atoms with Crippen LogP contribution in [0.5, 0.6) is 5.75 Å². The molecule has 8 nitrogen and oxygen atoms in total. The quantitative estimate of drug-likeness (QED) is 0.0531. The van der Waals surface area contributed by atoms with E-state index in [-0.39, 0.29) is 18.0 Å². The predicted molar refractivity (Wildman–Crippen MR) is 130 cm³/mol. The molecule has 190 valence electrons. The maximum absolute atomic E-state index is 12.6. The molecular weight excluding hydrogens is 445 g/mol. The smallest absolute Gasteiger partial charge is 0.403 e. The molecule has 1 atom stereocenters. The van der Waals surface area contributed by atoms with Crippen LogP contribution in [0.3, 0.4) is 0 Å². The van der Waals surface area contributed by atoms with Gasteiger partial charge in [0.1, 0.15) is 5.75 Å². The average Bonchev–Trinajstić information content (AvgIpc) is 2.79. The Bertz CT molecular complexity index is 669. The van der Waals surface area contributed by atoms with Gasteiger partial charge in [0.2, 0.25) is 0 Å². The Kier molecular flexibility index (Phi) is 16.9. The number of non-ortho nitro benzene ring substituents is 1. The van der Waals surface area contributed by atoms with Gasteiger partial charge >= 0.3 is 7.82 Å². The summed E-state index contributed by atoms with van der Waals surface area (Å²) in [6, 6.07) is 5.17. The Hall–Kier alpha value is -1.47. The average molecular weight is 488 g/mol. The van der Waals surface area contributed by atoms with E-state index in [1.807, 2.05) is 0 Å². The highest BCUT2D eigenvalue weighted by atomic mass is 31.2. The third kappa shape index (κ3) is 15.1. The second kappa shape index (κ2) is 18.9. The SMILES string of the molecule is CCCCCCCCCCCCCCCCOOP(=O)(OCC)Oc1ccc([N+](=O)[O-])cc1. The normalized spacial score (nSPS) is 13.0. The lowest BCUT2D eigenvalue weighted by Gasteiger charge is -2.16. The number of nitrogens with zero attached hydrogens (tertiary/aromatic N) is 1. The molecule has 0 N–H and O–H groups in total. The van der Waals surface area contributed by atoms with Gasteiger partial charge < -0.3 is 4.52 Å². The Morgan fingerprint density at radius 3 is 1.73 bits per heavy atom. The number of phosphoric ester groups is 1. The summed E-state index contributed by atoms with van der Waals surface area (Å²) in [7, 11) is -3.96. The summed E-state index contributed by atoms with van der Waals surface area (Å²) in [6.45, 7) is 4.30. The van der Waals surface area contributed by atoms with Crippen LogP contribution in [-0.4, -0.2) is 18.1 Å². The van der Waals surface area contributed by atoms with Crippen molar-refractivity contribution in [3.63, 3.8) is 0 Å². The first-order valence-electron chi connectivity index (χ1n) is 12.5. The standard InChI is InChI=1S/C24H42NO7P/c1-3-5-6-7-8-9-10-11-12-13-14-15-16-17-22-29-32-33(28,30-4-2)31-24-20-18-23(19-21-24)25(26)27/h18-21H,3-17,22H2,1-2H3. The molecule has 9 heteroatoms. The van der Waals surface area contributed by atoms with E-state index in [0.717, 1.165) is 19.3 Å². The van der Waals surface area contributed by atoms with E-state index in [1.54, 1.807) is 6.92 Å². The third-order valence-electron chi connectivity index (χ3n) is 5.28. The first-order chi connectivity index (χ1) is 16.0. The third-order valence-corrected chi connectivity index (χ3v) is 6.57. The fourth-order valence-corrected chi connectivity index (χ4v) is 4.46. The van der Waals surface area contributed by atoms with Crippen molar-refractivity contribution in [1.29, 1.82) is 0 Å². The summed E-state index contributed by atoms with van der Waals surface area (Å²) in [4.78, 5) is 15.3. The Morgan fingerprint density at radius 2 is 1.27 bits per heavy atom. The topological polar surface area (TPSA) is 97.1 Å². The number of rotatable bonds is 22. The minimum Gasteiger partial charge on any atom is -0.403 e. The molecule has 33 heavy (non-hydrogen) atoms. The molecule has 0 amide bonds. The van der Waals surface area contributed by atoms with Crippen molar-refractivity contribution in [2.45, 2.75) is 104 Å². The molecule has 0 bridgehead atoms. The summed E-state index contributed by atoms with van der Waals surface area (Å²) >= 11 is 0. The van der Waals surface area contributed by atoms with Gasteiger partial charge in [0.15, 0.2) is 0 Å². The van der Waals surface area contributed by atoms with Gasteiger partial charge in [0.05, 0.1) is 18.1 Å². The van der Waals surface area contributed by atoms with Crippen LogP contribution < -0.4 is 4.52 Å². The van der Waals surface area contributed by atoms with Gasteiger partial charge in [-0.15, -0.1) is 4.67 Å². The van der Waals surface area contributed by atoms with E-state index in [1.165, 1.54) is 94.9 Å². The van der Waals surface area contributed by atoms with Crippen LogP contribution in [0.4, 0.5) is 5.69 Å². The highest BCUT2D eigenvalue weighted by Gasteiger charge is 2.30. The molecule has 0 aliphatic rings. The van der Waals surface area contributed by atoms with Crippen LogP contribution in [0.25, 0.3) is 0 Å². The lowest BCUT2D eigenvalue weighted by atomic mass is 10.0. The molecule has 0 fully saturated rings. The zero-order chi connectivity index (χ0) is 24.2. The largest absolute Gasteiger partial charge is 0.557 e. The van der Waals surface area contributed by atoms with Crippen molar-refractivity contribution < 1.29 is 28.1 Å². The number of nitro groups is 1. The van der Waals surface area contributed by atoms with Crippen LogP contribution >= 0.6 is 7.82 Å². The Balaban J connectivity index is 2.06. The highest BCUT2D eigenvalue weighted by Crippen LogP contribution is 2.49. The van der Waals surface area contributed by atoms with Crippen molar-refractivity contribution in [2.24, 2.45) is 0 Å². The van der Waals surface area contributed by atoms with Gasteiger partial charge in [0, 0.05) is 12.1 Å². The summed E-state index contributed by atoms with van der Waals surface area (Å²) in [6.07, 6.45) is 17.7. The first-order valence-corrected chi connectivity index (χ1v) is 14.0. The fourth-order valence-electron chi connectivity index (χ4n) is 3.44. The molecule has 0 radical (unpaired) electrons. The maximum atomic E-state index is 12.6. The molecule has 1 aromatic rings. The molecule has 1 rings (SSSR count). The fraction of sp³-hybridized carbons (Fsp3) is 0.750. The van der Waals surface area contributed by atoms with Crippen molar-refractivity contribution in [3.8, 4) is 5.75 Å². The van der Waals surface area contributed by atoms with Crippen LogP contribution in [0.15, 0.2) is 24.3 Å². The van der Waals surface area contributed by atoms with E-state index in [9.17, 15) is 14.7 Å². The van der Waals surface area contributed by atoms with Crippen molar-refractivity contribution in [1.82, 2.24) is 0 Å². The second-order valence-electron chi connectivity index (χ2n) is 8.20. The van der Waals surface area contributed by atoms with Gasteiger partial charge in [-0.3, -0.25) is 14.6 Å². The number of nitro benzene ring substituents is 1. The number of hydrogen-bond acceptors (Lipinski definition) is 7. The van der Waals surface area contributed by atoms with E-state index in [2.05, 4.69) is 6.92 Å². The molecule has 0 aliphatic heterocycles. The number of phosphoric acid groups is 1. The summed E-state index contributed by atoms with van der Waals surface area (Å²) in [5.41, 5.74) is -0.0939. The van der Waals surface area contributed by atoms with Gasteiger partial charge in [-0.1, -0.05) is 90.4 Å². The monoisotopic (exact) mass is 487 g/mol. The zero-order valence-corrected chi connectivity index (χ0v) is 21.3. The number of benzene rings is 1. The number of unbranched alkanes of at least 4 members (excludes halogenated alkanes) is 13. The molecule has 1 unspecified atom stereocenters. The van der Waals surface area contributed by atoms with Crippen molar-refractivity contribution >= 4 is 13.5 Å². The molecule has 0 heterocycles. The highest BCUT2D eigenvalue weighted by molar-refractivity contribution is 7.48. The molecule has 0 saturated heterocycles. The van der Waals surface area contributed by atoms with E-state index >= 15 is 0 Å². The molecule has 1 aromatic carbocycles. The minimum atomic E-state index is -3.96. The molecule has 0 saturated carbocycles. The van der Waals surface area contributed by atoms with Gasteiger partial charge in [-0.2, -0.15) is 0 Å². The van der Waals surface area contributed by atoms with Gasteiger partial charge in [0.25, 0.3) is 5.69 Å². The van der Waals surface area contributed by atoms with Crippen molar-refractivity contribution in [2.75, 3.05) is 13.2 Å². The van der Waals surface area contributed by atoms with Crippen molar-refractivity contribution in [3.05, 3.63) is 34.4 Å². The van der Waals surface area contributed by atoms with E-state index in [0.29, 0.717) is 6.61 Å². The van der Waals surface area contributed by atoms with Crippen LogP contribution in [-0.2, 0) is 18.7 Å². The lowest BCUT2D eigenvalue weighted by molar-refractivity contribution is -0.384. The molecule has 0 aliphatic carbocycles. The summed E-state index contributed by atoms with van der Waals surface area (Å²) < 4.78 is 27.9. The first kappa shape index (κ1) is 29.6.